The van der Waals surface area contributed by atoms with Gasteiger partial charge in [-0.25, -0.2) is 0 Å². The first kappa shape index (κ1) is 21.3. The number of nitro benzene ring substituents is 1. The number of hydrogen-bond donors (Lipinski definition) is 1. The quantitative estimate of drug-likeness (QED) is 0.320. The standard InChI is InChI=1S/C24H18N2O5S/c27-21-11-10-17(12-16-6-2-1-3-7-16)13-19(21)14-22-23(28)25(24(29)32-22)15-18-8-4-5-9-20(18)26(30)31/h1-11,13-14,27H,12,15H2/b22-14-. The minimum absolute atomic E-state index is 0.00712. The zero-order valence-corrected chi connectivity index (χ0v) is 17.6. The molecule has 0 radical (unpaired) electrons. The molecule has 3 aromatic rings. The molecule has 0 aliphatic carbocycles. The van der Waals surface area contributed by atoms with Gasteiger partial charge in [0.05, 0.1) is 16.4 Å². The molecule has 0 bridgehead atoms. The van der Waals surface area contributed by atoms with Crippen molar-refractivity contribution in [3.8, 4) is 5.75 Å². The van der Waals surface area contributed by atoms with Crippen molar-refractivity contribution < 1.29 is 19.6 Å². The van der Waals surface area contributed by atoms with Gasteiger partial charge in [0.2, 0.25) is 0 Å². The molecule has 0 saturated carbocycles. The van der Waals surface area contributed by atoms with E-state index in [0.29, 0.717) is 12.0 Å². The fourth-order valence-corrected chi connectivity index (χ4v) is 4.26. The fraction of sp³-hybridized carbons (Fsp3) is 0.0833. The Balaban J connectivity index is 1.58. The first-order valence-electron chi connectivity index (χ1n) is 9.76. The summed E-state index contributed by atoms with van der Waals surface area (Å²) in [6, 6.07) is 21.0. The average Bonchev–Trinajstić information content (AvgIpc) is 3.04. The summed E-state index contributed by atoms with van der Waals surface area (Å²) in [5.41, 5.74) is 2.60. The molecule has 160 valence electrons. The van der Waals surface area contributed by atoms with E-state index in [0.717, 1.165) is 27.8 Å². The van der Waals surface area contributed by atoms with Crippen molar-refractivity contribution in [1.82, 2.24) is 4.90 Å². The predicted octanol–water partition coefficient (Wildman–Crippen LogP) is 5.13. The highest BCUT2D eigenvalue weighted by atomic mass is 32.2. The average molecular weight is 446 g/mol. The van der Waals surface area contributed by atoms with Crippen LogP contribution in [0.25, 0.3) is 6.08 Å². The Morgan fingerprint density at radius 2 is 1.69 bits per heavy atom. The van der Waals surface area contributed by atoms with Crippen molar-refractivity contribution in [3.63, 3.8) is 0 Å². The van der Waals surface area contributed by atoms with E-state index in [1.807, 2.05) is 30.3 Å². The number of carbonyl (C=O) groups is 2. The number of benzene rings is 3. The van der Waals surface area contributed by atoms with Crippen LogP contribution < -0.4 is 0 Å². The molecule has 1 heterocycles. The molecule has 1 fully saturated rings. The number of thioether (sulfide) groups is 1. The molecule has 1 saturated heterocycles. The number of carbonyl (C=O) groups excluding carboxylic acids is 2. The van der Waals surface area contributed by atoms with Crippen LogP contribution in [0.2, 0.25) is 0 Å². The molecular weight excluding hydrogens is 428 g/mol. The number of para-hydroxylation sites is 1. The molecular formula is C24H18N2O5S. The van der Waals surface area contributed by atoms with Crippen molar-refractivity contribution in [2.45, 2.75) is 13.0 Å². The second-order valence-electron chi connectivity index (χ2n) is 7.21. The van der Waals surface area contributed by atoms with E-state index in [1.165, 1.54) is 24.3 Å². The number of amides is 2. The van der Waals surface area contributed by atoms with E-state index in [9.17, 15) is 24.8 Å². The van der Waals surface area contributed by atoms with Gasteiger partial charge in [-0.15, -0.1) is 0 Å². The van der Waals surface area contributed by atoms with Gasteiger partial charge in [-0.2, -0.15) is 0 Å². The molecule has 8 heteroatoms. The zero-order chi connectivity index (χ0) is 22.7. The molecule has 0 spiro atoms. The maximum atomic E-state index is 12.9. The van der Waals surface area contributed by atoms with Crippen molar-refractivity contribution >= 4 is 34.7 Å². The Morgan fingerprint density at radius 1 is 0.969 bits per heavy atom. The number of phenolic OH excluding ortho intramolecular Hbond substituents is 1. The van der Waals surface area contributed by atoms with Crippen LogP contribution in [0.1, 0.15) is 22.3 Å². The number of aromatic hydroxyl groups is 1. The van der Waals surface area contributed by atoms with E-state index in [4.69, 9.17) is 0 Å². The summed E-state index contributed by atoms with van der Waals surface area (Å²) in [4.78, 5) is 37.1. The second-order valence-corrected chi connectivity index (χ2v) is 8.20. The predicted molar refractivity (Wildman–Crippen MR) is 122 cm³/mol. The van der Waals surface area contributed by atoms with E-state index in [-0.39, 0.29) is 28.5 Å². The van der Waals surface area contributed by atoms with E-state index in [2.05, 4.69) is 0 Å². The number of nitrogens with zero attached hydrogens (tertiary/aromatic N) is 2. The van der Waals surface area contributed by atoms with Gasteiger partial charge < -0.3 is 5.11 Å². The lowest BCUT2D eigenvalue weighted by atomic mass is 10.0. The van der Waals surface area contributed by atoms with Gasteiger partial charge in [0.25, 0.3) is 16.8 Å². The summed E-state index contributed by atoms with van der Waals surface area (Å²) >= 11 is 0.746. The van der Waals surface area contributed by atoms with Crippen molar-refractivity contribution in [2.75, 3.05) is 0 Å². The monoisotopic (exact) mass is 446 g/mol. The maximum Gasteiger partial charge on any atom is 0.293 e. The van der Waals surface area contributed by atoms with E-state index < -0.39 is 16.1 Å². The van der Waals surface area contributed by atoms with Crippen LogP contribution in [0.5, 0.6) is 5.75 Å². The molecule has 7 nitrogen and oxygen atoms in total. The van der Waals surface area contributed by atoms with Gasteiger partial charge in [0.15, 0.2) is 0 Å². The minimum Gasteiger partial charge on any atom is -0.507 e. The highest BCUT2D eigenvalue weighted by Crippen LogP contribution is 2.36. The van der Waals surface area contributed by atoms with Crippen LogP contribution in [-0.4, -0.2) is 26.1 Å². The number of imide groups is 1. The number of hydrogen-bond acceptors (Lipinski definition) is 6. The van der Waals surface area contributed by atoms with E-state index in [1.54, 1.807) is 24.3 Å². The van der Waals surface area contributed by atoms with Crippen LogP contribution in [0, 0.1) is 10.1 Å². The first-order chi connectivity index (χ1) is 15.4. The second kappa shape index (κ2) is 9.07. The van der Waals surface area contributed by atoms with Crippen molar-refractivity contribution in [2.24, 2.45) is 0 Å². The summed E-state index contributed by atoms with van der Waals surface area (Å²) in [7, 11) is 0. The Bertz CT molecular complexity index is 1240. The molecule has 1 aliphatic heterocycles. The lowest BCUT2D eigenvalue weighted by molar-refractivity contribution is -0.385. The van der Waals surface area contributed by atoms with Crippen LogP contribution in [0.15, 0.2) is 77.7 Å². The highest BCUT2D eigenvalue weighted by Gasteiger charge is 2.36. The largest absolute Gasteiger partial charge is 0.507 e. The van der Waals surface area contributed by atoms with Crippen LogP contribution in [-0.2, 0) is 17.8 Å². The number of phenols is 1. The van der Waals surface area contributed by atoms with Gasteiger partial charge in [0, 0.05) is 17.2 Å². The topological polar surface area (TPSA) is 101 Å². The van der Waals surface area contributed by atoms with Crippen LogP contribution in [0.3, 0.4) is 0 Å². The smallest absolute Gasteiger partial charge is 0.293 e. The summed E-state index contributed by atoms with van der Waals surface area (Å²) in [6.07, 6.45) is 2.13. The van der Waals surface area contributed by atoms with Crippen molar-refractivity contribution in [3.05, 3.63) is 110 Å². The number of rotatable bonds is 6. The summed E-state index contributed by atoms with van der Waals surface area (Å²) in [5, 5.41) is 21.0. The third-order valence-corrected chi connectivity index (χ3v) is 5.93. The third kappa shape index (κ3) is 4.55. The minimum atomic E-state index is -0.550. The Hall–Kier alpha value is -3.91. The van der Waals surface area contributed by atoms with Gasteiger partial charge in [-0.3, -0.25) is 24.6 Å². The van der Waals surface area contributed by atoms with Crippen molar-refractivity contribution in [1.29, 1.82) is 0 Å². The maximum absolute atomic E-state index is 12.9. The first-order valence-corrected chi connectivity index (χ1v) is 10.6. The Kier molecular flexibility index (Phi) is 6.04. The van der Waals surface area contributed by atoms with Gasteiger partial charge in [-0.05, 0) is 47.5 Å². The molecule has 1 aliphatic rings. The van der Waals surface area contributed by atoms with Gasteiger partial charge >= 0.3 is 0 Å². The SMILES string of the molecule is O=C1S/C(=C\c2cc(Cc3ccccc3)ccc2O)C(=O)N1Cc1ccccc1[N+](=O)[O-]. The van der Waals surface area contributed by atoms with Crippen LogP contribution >= 0.6 is 11.8 Å². The number of nitro groups is 1. The van der Waals surface area contributed by atoms with Crippen LogP contribution in [0.4, 0.5) is 10.5 Å². The molecule has 0 atom stereocenters. The lowest BCUT2D eigenvalue weighted by Crippen LogP contribution is -2.27. The summed E-state index contributed by atoms with van der Waals surface area (Å²) in [5.74, 6) is -0.557. The van der Waals surface area contributed by atoms with Gasteiger partial charge in [0.1, 0.15) is 5.75 Å². The zero-order valence-electron chi connectivity index (χ0n) is 16.8. The highest BCUT2D eigenvalue weighted by molar-refractivity contribution is 8.18. The molecule has 1 N–H and O–H groups in total. The molecule has 3 aromatic carbocycles. The lowest BCUT2D eigenvalue weighted by Gasteiger charge is -2.12. The Morgan fingerprint density at radius 3 is 2.44 bits per heavy atom. The van der Waals surface area contributed by atoms with E-state index >= 15 is 0 Å². The third-order valence-electron chi connectivity index (χ3n) is 5.02. The molecule has 32 heavy (non-hydrogen) atoms. The fourth-order valence-electron chi connectivity index (χ4n) is 3.43. The summed E-state index contributed by atoms with van der Waals surface area (Å²) in [6.45, 7) is -0.195. The molecule has 4 rings (SSSR count). The molecule has 0 aromatic heterocycles. The van der Waals surface area contributed by atoms with Gasteiger partial charge in [-0.1, -0.05) is 54.6 Å². The summed E-state index contributed by atoms with van der Waals surface area (Å²) < 4.78 is 0. The normalized spacial score (nSPS) is 14.9. The molecule has 0 unspecified atom stereocenters. The Labute approximate surface area is 188 Å². The molecule has 2 amide bonds.